The highest BCUT2D eigenvalue weighted by molar-refractivity contribution is 6.08. The van der Waals surface area contributed by atoms with Crippen molar-refractivity contribution in [1.29, 1.82) is 0 Å². The molecule has 2 heterocycles. The van der Waals surface area contributed by atoms with Gasteiger partial charge in [-0.3, -0.25) is 14.5 Å². The molecule has 0 radical (unpaired) electrons. The van der Waals surface area contributed by atoms with Crippen LogP contribution >= 0.6 is 0 Å². The molecule has 33 heavy (non-hydrogen) atoms. The van der Waals surface area contributed by atoms with E-state index < -0.39 is 11.7 Å². The van der Waals surface area contributed by atoms with Crippen molar-refractivity contribution < 1.29 is 18.7 Å². The van der Waals surface area contributed by atoms with Gasteiger partial charge in [-0.25, -0.2) is 4.39 Å². The number of carbonyl (C=O) groups excluding carboxylic acids is 1. The van der Waals surface area contributed by atoms with E-state index in [9.17, 15) is 9.18 Å². The number of hydrogen-bond acceptors (Lipinski definition) is 7. The van der Waals surface area contributed by atoms with Gasteiger partial charge in [-0.15, -0.1) is 0 Å². The minimum atomic E-state index is -0.651. The molecule has 10 heteroatoms. The van der Waals surface area contributed by atoms with E-state index in [4.69, 9.17) is 15.2 Å². The van der Waals surface area contributed by atoms with Crippen LogP contribution in [0, 0.1) is 11.7 Å². The fraction of sp³-hybridized carbons (Fsp3) is 0.348. The first-order valence-electron chi connectivity index (χ1n) is 10.6. The predicted molar refractivity (Wildman–Crippen MR) is 123 cm³/mol. The number of ether oxygens (including phenoxy) is 2. The van der Waals surface area contributed by atoms with Crippen molar-refractivity contribution in [3.8, 4) is 22.8 Å². The highest BCUT2D eigenvalue weighted by atomic mass is 19.1. The van der Waals surface area contributed by atoms with Crippen molar-refractivity contribution in [2.24, 2.45) is 5.92 Å². The lowest BCUT2D eigenvalue weighted by molar-refractivity contribution is 0.102. The first-order valence-corrected chi connectivity index (χ1v) is 10.6. The smallest absolute Gasteiger partial charge is 0.278 e. The van der Waals surface area contributed by atoms with Gasteiger partial charge < -0.3 is 25.8 Å². The molecule has 2 aromatic heterocycles. The SMILES string of the molecule is CCC1C(NC)C1n1nc(C(=O)Nc2ccncc2F)c(N)c1-c1cc(OC)ccc1OC. The van der Waals surface area contributed by atoms with Gasteiger partial charge in [-0.05, 0) is 37.7 Å². The molecule has 0 saturated heterocycles. The van der Waals surface area contributed by atoms with Crippen LogP contribution in [0.5, 0.6) is 11.5 Å². The molecule has 1 aliphatic rings. The lowest BCUT2D eigenvalue weighted by Crippen LogP contribution is -2.17. The van der Waals surface area contributed by atoms with Crippen LogP contribution in [0.1, 0.15) is 29.9 Å². The Balaban J connectivity index is 1.85. The lowest BCUT2D eigenvalue weighted by Gasteiger charge is -2.13. The minimum Gasteiger partial charge on any atom is -0.497 e. The van der Waals surface area contributed by atoms with Crippen LogP contribution < -0.4 is 25.8 Å². The van der Waals surface area contributed by atoms with E-state index in [-0.39, 0.29) is 29.2 Å². The number of methoxy groups -OCH3 is 2. The first-order chi connectivity index (χ1) is 15.9. The maximum atomic E-state index is 14.1. The van der Waals surface area contributed by atoms with Crippen molar-refractivity contribution >= 4 is 17.3 Å². The Labute approximate surface area is 191 Å². The summed E-state index contributed by atoms with van der Waals surface area (Å²) in [6.45, 7) is 2.10. The number of nitrogen functional groups attached to an aromatic ring is 1. The Morgan fingerprint density at radius 3 is 2.67 bits per heavy atom. The average Bonchev–Trinajstić information content (AvgIpc) is 3.45. The summed E-state index contributed by atoms with van der Waals surface area (Å²) in [5, 5.41) is 10.5. The summed E-state index contributed by atoms with van der Waals surface area (Å²) in [6.07, 6.45) is 3.34. The molecule has 0 bridgehead atoms. The van der Waals surface area contributed by atoms with Gasteiger partial charge >= 0.3 is 0 Å². The van der Waals surface area contributed by atoms with Crippen molar-refractivity contribution in [2.45, 2.75) is 25.4 Å². The summed E-state index contributed by atoms with van der Waals surface area (Å²) in [7, 11) is 5.02. The third-order valence-corrected chi connectivity index (χ3v) is 6.06. The van der Waals surface area contributed by atoms with E-state index in [1.165, 1.54) is 12.3 Å². The number of halogens is 1. The van der Waals surface area contributed by atoms with Gasteiger partial charge in [0.25, 0.3) is 5.91 Å². The predicted octanol–water partition coefficient (Wildman–Crippen LogP) is 3.10. The van der Waals surface area contributed by atoms with Crippen molar-refractivity contribution in [3.05, 3.63) is 48.2 Å². The fourth-order valence-electron chi connectivity index (χ4n) is 4.33. The van der Waals surface area contributed by atoms with Gasteiger partial charge in [0.05, 0.1) is 43.5 Å². The van der Waals surface area contributed by atoms with Crippen molar-refractivity contribution in [2.75, 3.05) is 32.3 Å². The highest BCUT2D eigenvalue weighted by Gasteiger charge is 2.51. The van der Waals surface area contributed by atoms with Crippen LogP contribution in [-0.2, 0) is 0 Å². The molecule has 4 N–H and O–H groups in total. The number of pyridine rings is 1. The summed E-state index contributed by atoms with van der Waals surface area (Å²) in [5.74, 6) is 0.218. The molecule has 1 amide bonds. The van der Waals surface area contributed by atoms with E-state index in [1.54, 1.807) is 37.1 Å². The number of nitrogens with one attached hydrogen (secondary N) is 2. The van der Waals surface area contributed by atoms with Gasteiger partial charge in [0.15, 0.2) is 11.5 Å². The first kappa shape index (κ1) is 22.5. The molecule has 0 aliphatic heterocycles. The van der Waals surface area contributed by atoms with E-state index >= 15 is 0 Å². The highest BCUT2D eigenvalue weighted by Crippen LogP contribution is 2.50. The molecule has 174 valence electrons. The van der Waals surface area contributed by atoms with E-state index in [2.05, 4.69) is 27.6 Å². The summed E-state index contributed by atoms with van der Waals surface area (Å²) in [4.78, 5) is 16.8. The zero-order chi connectivity index (χ0) is 23.7. The molecular formula is C23H27FN6O3. The summed E-state index contributed by atoms with van der Waals surface area (Å²) in [5.41, 5.74) is 7.88. The van der Waals surface area contributed by atoms with Crippen molar-refractivity contribution in [1.82, 2.24) is 20.1 Å². The van der Waals surface area contributed by atoms with Gasteiger partial charge in [0.2, 0.25) is 0 Å². The van der Waals surface area contributed by atoms with Crippen LogP contribution in [0.3, 0.4) is 0 Å². The van der Waals surface area contributed by atoms with Crippen molar-refractivity contribution in [3.63, 3.8) is 0 Å². The molecular weight excluding hydrogens is 427 g/mol. The van der Waals surface area contributed by atoms with Gasteiger partial charge in [-0.2, -0.15) is 5.10 Å². The third-order valence-electron chi connectivity index (χ3n) is 6.06. The summed E-state index contributed by atoms with van der Waals surface area (Å²) in [6, 6.07) is 6.89. The zero-order valence-electron chi connectivity index (χ0n) is 18.9. The van der Waals surface area contributed by atoms with Crippen LogP contribution in [0.15, 0.2) is 36.7 Å². The summed E-state index contributed by atoms with van der Waals surface area (Å²) >= 11 is 0. The normalized spacial score (nSPS) is 19.2. The second kappa shape index (κ2) is 9.07. The maximum Gasteiger partial charge on any atom is 0.278 e. The Morgan fingerprint density at radius 1 is 1.27 bits per heavy atom. The second-order valence-corrected chi connectivity index (χ2v) is 7.81. The molecule has 3 aromatic rings. The summed E-state index contributed by atoms with van der Waals surface area (Å²) < 4.78 is 26.8. The Kier molecular flexibility index (Phi) is 6.19. The quantitative estimate of drug-likeness (QED) is 0.479. The van der Waals surface area contributed by atoms with Gasteiger partial charge in [0.1, 0.15) is 11.5 Å². The number of benzene rings is 1. The minimum absolute atomic E-state index is 0.00249. The third kappa shape index (κ3) is 3.97. The van der Waals surface area contributed by atoms with Gasteiger partial charge in [0, 0.05) is 23.7 Å². The maximum absolute atomic E-state index is 14.1. The molecule has 1 aromatic carbocycles. The number of amides is 1. The number of rotatable bonds is 8. The molecule has 1 saturated carbocycles. The van der Waals surface area contributed by atoms with E-state index in [1.807, 2.05) is 7.05 Å². The fourth-order valence-corrected chi connectivity index (χ4v) is 4.33. The number of aromatic nitrogens is 3. The van der Waals surface area contributed by atoms with Crippen LogP contribution in [0.2, 0.25) is 0 Å². The number of anilines is 2. The molecule has 9 nitrogen and oxygen atoms in total. The van der Waals surface area contributed by atoms with Gasteiger partial charge in [-0.1, -0.05) is 6.92 Å². The molecule has 0 spiro atoms. The van der Waals surface area contributed by atoms with E-state index in [0.717, 1.165) is 12.6 Å². The molecule has 3 unspecified atom stereocenters. The zero-order valence-corrected chi connectivity index (χ0v) is 18.9. The lowest BCUT2D eigenvalue weighted by atomic mass is 10.1. The molecule has 1 fully saturated rings. The molecule has 4 rings (SSSR count). The van der Waals surface area contributed by atoms with Crippen LogP contribution in [0.4, 0.5) is 15.8 Å². The standard InChI is InChI=1S/C23H27FN6O3/c1-5-13-19(26-2)22(13)30-21(14-10-12(32-3)6-7-17(14)33-4)18(25)20(29-30)23(31)28-16-8-9-27-11-15(16)24/h6-11,13,19,22,26H,5,25H2,1-4H3,(H,27,28,31). The Hall–Kier alpha value is -3.66. The second-order valence-electron chi connectivity index (χ2n) is 7.81. The topological polar surface area (TPSA) is 116 Å². The number of likely N-dealkylation sites (N-methyl/N-ethyl adjacent to an activating group) is 1. The van der Waals surface area contributed by atoms with Crippen LogP contribution in [-0.4, -0.2) is 48.0 Å². The monoisotopic (exact) mass is 454 g/mol. The van der Waals surface area contributed by atoms with E-state index in [0.29, 0.717) is 28.7 Å². The Bertz CT molecular complexity index is 1170. The molecule has 1 aliphatic carbocycles. The number of nitrogens with two attached hydrogens (primary N) is 1. The van der Waals surface area contributed by atoms with Crippen LogP contribution in [0.25, 0.3) is 11.3 Å². The largest absolute Gasteiger partial charge is 0.497 e. The molecule has 3 atom stereocenters. The number of hydrogen-bond donors (Lipinski definition) is 3. The average molecular weight is 455 g/mol. The number of nitrogens with zero attached hydrogens (tertiary/aromatic N) is 3. The Morgan fingerprint density at radius 2 is 2.06 bits per heavy atom. The number of carbonyl (C=O) groups is 1.